The van der Waals surface area contributed by atoms with Crippen LogP contribution in [0.3, 0.4) is 0 Å². The van der Waals surface area contributed by atoms with E-state index in [1.165, 1.54) is 0 Å². The van der Waals surface area contributed by atoms with E-state index in [2.05, 4.69) is 15.5 Å². The summed E-state index contributed by atoms with van der Waals surface area (Å²) in [6.45, 7) is 5.84. The number of aryl methyl sites for hydroxylation is 2. The molecule has 33 heavy (non-hydrogen) atoms. The molecule has 0 fully saturated rings. The third kappa shape index (κ3) is 3.94. The lowest BCUT2D eigenvalue weighted by Crippen LogP contribution is -2.46. The Bertz CT molecular complexity index is 1360. The number of amides is 2. The minimum atomic E-state index is -0.431. The van der Waals surface area contributed by atoms with Crippen LogP contribution >= 0.6 is 22.9 Å². The van der Waals surface area contributed by atoms with E-state index in [1.54, 1.807) is 22.3 Å². The van der Waals surface area contributed by atoms with Gasteiger partial charge in [0.2, 0.25) is 5.82 Å². The van der Waals surface area contributed by atoms with E-state index in [4.69, 9.17) is 16.1 Å². The van der Waals surface area contributed by atoms with Crippen LogP contribution in [0.15, 0.2) is 70.2 Å². The van der Waals surface area contributed by atoms with Gasteiger partial charge in [0.25, 0.3) is 5.89 Å². The predicted molar refractivity (Wildman–Crippen MR) is 131 cm³/mol. The van der Waals surface area contributed by atoms with Crippen molar-refractivity contribution in [3.05, 3.63) is 93.3 Å². The smallest absolute Gasteiger partial charge is 0.326 e. The predicted octanol–water partition coefficient (Wildman–Crippen LogP) is 6.77. The molecule has 1 aliphatic heterocycles. The zero-order valence-corrected chi connectivity index (χ0v) is 19.9. The van der Waals surface area contributed by atoms with Gasteiger partial charge in [-0.3, -0.25) is 4.90 Å². The van der Waals surface area contributed by atoms with E-state index in [9.17, 15) is 4.79 Å². The molecule has 1 atom stereocenters. The van der Waals surface area contributed by atoms with Crippen molar-refractivity contribution in [1.82, 2.24) is 15.5 Å². The van der Waals surface area contributed by atoms with E-state index in [0.717, 1.165) is 27.1 Å². The number of rotatable bonds is 4. The molecule has 2 aromatic heterocycles. The Morgan fingerprint density at radius 1 is 1.09 bits per heavy atom. The summed E-state index contributed by atoms with van der Waals surface area (Å²) in [5, 5.41) is 9.94. The Morgan fingerprint density at radius 2 is 1.88 bits per heavy atom. The fraction of sp³-hybridized carbons (Fsp3) is 0.160. The maximum absolute atomic E-state index is 13.3. The number of urea groups is 1. The minimum absolute atomic E-state index is 0.235. The summed E-state index contributed by atoms with van der Waals surface area (Å²) >= 11 is 7.76. The molecule has 5 rings (SSSR count). The second-order valence-electron chi connectivity index (χ2n) is 7.96. The van der Waals surface area contributed by atoms with Gasteiger partial charge in [-0.1, -0.05) is 52.7 Å². The lowest BCUT2D eigenvalue weighted by molar-refractivity contribution is 0.244. The number of benzene rings is 2. The third-order valence-corrected chi connectivity index (χ3v) is 6.98. The van der Waals surface area contributed by atoms with Crippen molar-refractivity contribution < 1.29 is 9.32 Å². The lowest BCUT2D eigenvalue weighted by Gasteiger charge is -2.35. The number of thiophene rings is 1. The number of allylic oxidation sites excluding steroid dienone is 1. The molecule has 2 amide bonds. The number of halogens is 1. The average Bonchev–Trinajstić information content (AvgIpc) is 3.48. The number of nitrogens with zero attached hydrogens (tertiary/aromatic N) is 3. The summed E-state index contributed by atoms with van der Waals surface area (Å²) < 4.78 is 5.72. The van der Waals surface area contributed by atoms with Crippen LogP contribution in [-0.4, -0.2) is 16.2 Å². The van der Waals surface area contributed by atoms with Gasteiger partial charge in [0.1, 0.15) is 0 Å². The molecule has 1 unspecified atom stereocenters. The monoisotopic (exact) mass is 476 g/mol. The lowest BCUT2D eigenvalue weighted by atomic mass is 9.94. The van der Waals surface area contributed by atoms with Crippen molar-refractivity contribution >= 4 is 40.2 Å². The Balaban J connectivity index is 1.67. The molecule has 1 N–H and O–H groups in total. The maximum atomic E-state index is 13.3. The summed E-state index contributed by atoms with van der Waals surface area (Å²) in [7, 11) is 0. The Labute approximate surface area is 200 Å². The highest BCUT2D eigenvalue weighted by Crippen LogP contribution is 2.39. The summed E-state index contributed by atoms with van der Waals surface area (Å²) in [5.74, 6) is 0.894. The summed E-state index contributed by atoms with van der Waals surface area (Å²) in [6.07, 6.45) is 0. The summed E-state index contributed by atoms with van der Waals surface area (Å²) in [4.78, 5) is 20.5. The van der Waals surface area contributed by atoms with Crippen LogP contribution in [0.1, 0.15) is 35.5 Å². The number of carbonyl (C=O) groups excluding carboxylic acids is 1. The van der Waals surface area contributed by atoms with Crippen molar-refractivity contribution in [2.24, 2.45) is 0 Å². The van der Waals surface area contributed by atoms with Gasteiger partial charge in [-0.15, -0.1) is 11.3 Å². The standard InChI is InChI=1S/C25H21ClN4O2S/c1-14-6-8-17(9-7-14)22-21(24-28-23(29-32-24)20-5-4-12-33-20)16(3)30(25(31)27-22)18-10-11-19(26)15(2)13-18/h4-13,22H,1-3H3,(H,27,31). The average molecular weight is 477 g/mol. The normalized spacial score (nSPS) is 16.3. The van der Waals surface area contributed by atoms with Crippen molar-refractivity contribution in [1.29, 1.82) is 0 Å². The van der Waals surface area contributed by atoms with Crippen molar-refractivity contribution in [3.8, 4) is 10.7 Å². The molecule has 1 aliphatic rings. The van der Waals surface area contributed by atoms with Gasteiger partial charge in [-0.05, 0) is 61.5 Å². The van der Waals surface area contributed by atoms with Crippen LogP contribution in [0.2, 0.25) is 5.02 Å². The second kappa shape index (κ2) is 8.50. The number of aromatic nitrogens is 2. The van der Waals surface area contributed by atoms with E-state index >= 15 is 0 Å². The first-order chi connectivity index (χ1) is 15.9. The number of anilines is 1. The highest BCUT2D eigenvalue weighted by molar-refractivity contribution is 7.13. The highest BCUT2D eigenvalue weighted by Gasteiger charge is 2.36. The van der Waals surface area contributed by atoms with E-state index in [-0.39, 0.29) is 6.03 Å². The van der Waals surface area contributed by atoms with Crippen LogP contribution in [0, 0.1) is 13.8 Å². The minimum Gasteiger partial charge on any atom is -0.334 e. The largest absolute Gasteiger partial charge is 0.334 e. The zero-order chi connectivity index (χ0) is 23.1. The SMILES string of the molecule is CC1=C(c2nc(-c3cccs3)no2)C(c2ccc(C)cc2)NC(=O)N1c1ccc(Cl)c(C)c1. The number of hydrogen-bond donors (Lipinski definition) is 1. The molecule has 166 valence electrons. The van der Waals surface area contributed by atoms with Crippen LogP contribution in [0.25, 0.3) is 16.3 Å². The Morgan fingerprint density at radius 3 is 2.58 bits per heavy atom. The van der Waals surface area contributed by atoms with Crippen LogP contribution < -0.4 is 10.2 Å². The van der Waals surface area contributed by atoms with Gasteiger partial charge in [-0.25, -0.2) is 4.79 Å². The fourth-order valence-corrected chi connectivity index (χ4v) is 4.71. The zero-order valence-electron chi connectivity index (χ0n) is 18.3. The molecule has 2 aromatic carbocycles. The Hall–Kier alpha value is -3.42. The molecule has 0 bridgehead atoms. The van der Waals surface area contributed by atoms with Gasteiger partial charge < -0.3 is 9.84 Å². The number of nitrogens with one attached hydrogen (secondary N) is 1. The number of hydrogen-bond acceptors (Lipinski definition) is 5. The first-order valence-corrected chi connectivity index (χ1v) is 11.7. The summed E-state index contributed by atoms with van der Waals surface area (Å²) in [6, 6.07) is 16.8. The first-order valence-electron chi connectivity index (χ1n) is 10.4. The molecular formula is C25H21ClN4O2S. The molecule has 0 saturated heterocycles. The van der Waals surface area contributed by atoms with E-state index in [1.807, 2.05) is 74.7 Å². The van der Waals surface area contributed by atoms with Crippen LogP contribution in [0.5, 0.6) is 0 Å². The maximum Gasteiger partial charge on any atom is 0.326 e. The number of carbonyl (C=O) groups is 1. The molecule has 4 aromatic rings. The topological polar surface area (TPSA) is 71.3 Å². The molecule has 6 nitrogen and oxygen atoms in total. The Kier molecular flexibility index (Phi) is 5.52. The quantitative estimate of drug-likeness (QED) is 0.352. The van der Waals surface area contributed by atoms with Gasteiger partial charge in [0.15, 0.2) is 0 Å². The van der Waals surface area contributed by atoms with Crippen LogP contribution in [-0.2, 0) is 0 Å². The van der Waals surface area contributed by atoms with Gasteiger partial charge in [0.05, 0.1) is 22.2 Å². The molecule has 0 spiro atoms. The van der Waals surface area contributed by atoms with E-state index in [0.29, 0.717) is 28.1 Å². The first kappa shape index (κ1) is 21.4. The van der Waals surface area contributed by atoms with Crippen molar-refractivity contribution in [2.45, 2.75) is 26.8 Å². The van der Waals surface area contributed by atoms with Crippen molar-refractivity contribution in [2.75, 3.05) is 4.90 Å². The van der Waals surface area contributed by atoms with Crippen LogP contribution in [0.4, 0.5) is 10.5 Å². The second-order valence-corrected chi connectivity index (χ2v) is 9.32. The molecule has 3 heterocycles. The van der Waals surface area contributed by atoms with Gasteiger partial charge in [0, 0.05) is 10.7 Å². The molecule has 0 aliphatic carbocycles. The molecule has 0 radical (unpaired) electrons. The third-order valence-electron chi connectivity index (χ3n) is 5.69. The molecule has 8 heteroatoms. The fourth-order valence-electron chi connectivity index (χ4n) is 3.95. The highest BCUT2D eigenvalue weighted by atomic mass is 35.5. The summed E-state index contributed by atoms with van der Waals surface area (Å²) in [5.41, 5.74) is 5.14. The van der Waals surface area contributed by atoms with Crippen molar-refractivity contribution in [3.63, 3.8) is 0 Å². The molecular weight excluding hydrogens is 456 g/mol. The van der Waals surface area contributed by atoms with E-state index < -0.39 is 6.04 Å². The van der Waals surface area contributed by atoms with Gasteiger partial charge in [-0.2, -0.15) is 4.98 Å². The van der Waals surface area contributed by atoms with Gasteiger partial charge >= 0.3 is 6.03 Å². The molecule has 0 saturated carbocycles.